The lowest BCUT2D eigenvalue weighted by molar-refractivity contribution is -0.126. The fourth-order valence-electron chi connectivity index (χ4n) is 3.52. The van der Waals surface area contributed by atoms with E-state index in [2.05, 4.69) is 15.9 Å². The van der Waals surface area contributed by atoms with Crippen molar-refractivity contribution in [3.8, 4) is 0 Å². The molecule has 1 fully saturated rings. The lowest BCUT2D eigenvalue weighted by Crippen LogP contribution is -2.49. The average molecular weight is 416 g/mol. The van der Waals surface area contributed by atoms with Crippen molar-refractivity contribution < 1.29 is 14.3 Å². The number of carbonyl (C=O) groups is 2. The third-order valence-electron chi connectivity index (χ3n) is 4.93. The number of hydrogen-bond acceptors (Lipinski definition) is 3. The second-order valence-electron chi connectivity index (χ2n) is 6.78. The van der Waals surface area contributed by atoms with Gasteiger partial charge in [-0.3, -0.25) is 4.79 Å². The first-order valence-corrected chi connectivity index (χ1v) is 9.51. The molecule has 0 unspecified atom stereocenters. The highest BCUT2D eigenvalue weighted by molar-refractivity contribution is 9.10. The van der Waals surface area contributed by atoms with Crippen LogP contribution in [0.15, 0.2) is 59.1 Å². The summed E-state index contributed by atoms with van der Waals surface area (Å²) in [5.41, 5.74) is 1.04. The standard InChI is InChI=1S/C21H22BrNO3/c1-15(24)14-21(18-6-4-3-5-7-18)12-13-23(20(25)26-21)16(2)17-8-10-19(22)11-9-17/h3-11,16H,12-14H2,1-2H3/t16-,21-/m0/s1. The van der Waals surface area contributed by atoms with Crippen molar-refractivity contribution in [2.75, 3.05) is 6.54 Å². The summed E-state index contributed by atoms with van der Waals surface area (Å²) in [4.78, 5) is 26.4. The highest BCUT2D eigenvalue weighted by Crippen LogP contribution is 2.39. The zero-order chi connectivity index (χ0) is 18.7. The van der Waals surface area contributed by atoms with Crippen LogP contribution in [0.1, 0.15) is 43.9 Å². The first kappa shape index (κ1) is 18.6. The first-order chi connectivity index (χ1) is 12.4. The van der Waals surface area contributed by atoms with E-state index in [4.69, 9.17) is 4.74 Å². The highest BCUT2D eigenvalue weighted by Gasteiger charge is 2.44. The van der Waals surface area contributed by atoms with Crippen LogP contribution in [-0.4, -0.2) is 23.3 Å². The van der Waals surface area contributed by atoms with Gasteiger partial charge in [-0.2, -0.15) is 0 Å². The molecule has 1 aliphatic rings. The van der Waals surface area contributed by atoms with E-state index in [9.17, 15) is 9.59 Å². The molecule has 136 valence electrons. The maximum atomic E-state index is 12.8. The van der Waals surface area contributed by atoms with Crippen molar-refractivity contribution in [2.45, 2.75) is 38.3 Å². The molecule has 1 heterocycles. The minimum atomic E-state index is -0.875. The van der Waals surface area contributed by atoms with E-state index >= 15 is 0 Å². The van der Waals surface area contributed by atoms with Crippen LogP contribution in [0.25, 0.3) is 0 Å². The number of rotatable bonds is 5. The number of amides is 1. The highest BCUT2D eigenvalue weighted by atomic mass is 79.9. The first-order valence-electron chi connectivity index (χ1n) is 8.71. The average Bonchev–Trinajstić information content (AvgIpc) is 2.62. The van der Waals surface area contributed by atoms with Gasteiger partial charge >= 0.3 is 6.09 Å². The van der Waals surface area contributed by atoms with Crippen LogP contribution in [0.2, 0.25) is 0 Å². The van der Waals surface area contributed by atoms with Crippen LogP contribution in [-0.2, 0) is 15.1 Å². The molecule has 5 heteroatoms. The van der Waals surface area contributed by atoms with Crippen molar-refractivity contribution in [2.24, 2.45) is 0 Å². The summed E-state index contributed by atoms with van der Waals surface area (Å²) in [6, 6.07) is 17.4. The maximum Gasteiger partial charge on any atom is 0.411 e. The van der Waals surface area contributed by atoms with Crippen LogP contribution in [0, 0.1) is 0 Å². The quantitative estimate of drug-likeness (QED) is 0.671. The molecule has 2 aromatic rings. The van der Waals surface area contributed by atoms with E-state index in [1.165, 1.54) is 6.92 Å². The number of ketones is 1. The van der Waals surface area contributed by atoms with Gasteiger partial charge in [0.25, 0.3) is 0 Å². The van der Waals surface area contributed by atoms with Crippen molar-refractivity contribution in [1.29, 1.82) is 0 Å². The van der Waals surface area contributed by atoms with Gasteiger partial charge in [0.05, 0.1) is 12.5 Å². The van der Waals surface area contributed by atoms with Gasteiger partial charge in [-0.1, -0.05) is 58.4 Å². The summed E-state index contributed by atoms with van der Waals surface area (Å²) in [5.74, 6) is 0.0102. The number of hydrogen-bond donors (Lipinski definition) is 0. The summed E-state index contributed by atoms with van der Waals surface area (Å²) < 4.78 is 6.91. The van der Waals surface area contributed by atoms with Gasteiger partial charge in [0.2, 0.25) is 0 Å². The number of ether oxygens (including phenoxy) is 1. The van der Waals surface area contributed by atoms with Crippen molar-refractivity contribution in [3.05, 3.63) is 70.2 Å². The molecule has 0 aromatic heterocycles. The van der Waals surface area contributed by atoms with E-state index in [0.717, 1.165) is 15.6 Å². The van der Waals surface area contributed by atoms with E-state index < -0.39 is 5.60 Å². The molecule has 26 heavy (non-hydrogen) atoms. The smallest absolute Gasteiger partial charge is 0.411 e. The fourth-order valence-corrected chi connectivity index (χ4v) is 3.78. The van der Waals surface area contributed by atoms with E-state index in [1.54, 1.807) is 4.90 Å². The van der Waals surface area contributed by atoms with Gasteiger partial charge in [-0.05, 0) is 37.1 Å². The van der Waals surface area contributed by atoms with Gasteiger partial charge < -0.3 is 9.64 Å². The summed E-state index contributed by atoms with van der Waals surface area (Å²) in [7, 11) is 0. The molecule has 1 amide bonds. The Morgan fingerprint density at radius 2 is 1.85 bits per heavy atom. The van der Waals surface area contributed by atoms with Crippen molar-refractivity contribution in [3.63, 3.8) is 0 Å². The third kappa shape index (κ3) is 3.83. The lowest BCUT2D eigenvalue weighted by atomic mass is 9.84. The van der Waals surface area contributed by atoms with E-state index in [1.807, 2.05) is 61.5 Å². The summed E-state index contributed by atoms with van der Waals surface area (Å²) >= 11 is 3.43. The number of cyclic esters (lactones) is 1. The zero-order valence-corrected chi connectivity index (χ0v) is 16.5. The molecule has 1 saturated heterocycles. The molecular weight excluding hydrogens is 394 g/mol. The molecule has 0 saturated carbocycles. The molecule has 0 N–H and O–H groups in total. The normalized spacial score (nSPS) is 21.2. The minimum Gasteiger partial charge on any atom is -0.437 e. The molecule has 4 nitrogen and oxygen atoms in total. The molecule has 0 radical (unpaired) electrons. The van der Waals surface area contributed by atoms with Crippen LogP contribution >= 0.6 is 15.9 Å². The van der Waals surface area contributed by atoms with Gasteiger partial charge in [0, 0.05) is 17.4 Å². The summed E-state index contributed by atoms with van der Waals surface area (Å²) in [6.07, 6.45) is 0.406. The zero-order valence-electron chi connectivity index (χ0n) is 14.9. The van der Waals surface area contributed by atoms with Gasteiger partial charge in [-0.15, -0.1) is 0 Å². The summed E-state index contributed by atoms with van der Waals surface area (Å²) in [5, 5.41) is 0. The lowest BCUT2D eigenvalue weighted by Gasteiger charge is -2.43. The topological polar surface area (TPSA) is 46.6 Å². The van der Waals surface area contributed by atoms with Gasteiger partial charge in [0.1, 0.15) is 11.4 Å². The molecule has 1 aliphatic heterocycles. The Hall–Kier alpha value is -2.14. The predicted octanol–water partition coefficient (Wildman–Crippen LogP) is 5.23. The van der Waals surface area contributed by atoms with E-state index in [-0.39, 0.29) is 24.3 Å². The molecule has 2 atom stereocenters. The third-order valence-corrected chi connectivity index (χ3v) is 5.46. The number of benzene rings is 2. The molecule has 0 aliphatic carbocycles. The Labute approximate surface area is 162 Å². The summed E-state index contributed by atoms with van der Waals surface area (Å²) in [6.45, 7) is 4.07. The van der Waals surface area contributed by atoms with E-state index in [0.29, 0.717) is 13.0 Å². The number of halogens is 1. The molecule has 0 bridgehead atoms. The van der Waals surface area contributed by atoms with Crippen LogP contribution < -0.4 is 0 Å². The molecule has 0 spiro atoms. The van der Waals surface area contributed by atoms with Crippen LogP contribution in [0.5, 0.6) is 0 Å². The number of nitrogens with zero attached hydrogens (tertiary/aromatic N) is 1. The van der Waals surface area contributed by atoms with Crippen molar-refractivity contribution >= 4 is 27.8 Å². The predicted molar refractivity (Wildman–Crippen MR) is 104 cm³/mol. The SMILES string of the molecule is CC(=O)C[C@]1(c2ccccc2)CCN([C@@H](C)c2ccc(Br)cc2)C(=O)O1. The Kier molecular flexibility index (Phi) is 5.47. The van der Waals surface area contributed by atoms with Crippen molar-refractivity contribution in [1.82, 2.24) is 4.90 Å². The maximum absolute atomic E-state index is 12.8. The van der Waals surface area contributed by atoms with Crippen LogP contribution in [0.3, 0.4) is 0 Å². The second kappa shape index (κ2) is 7.62. The number of Topliss-reactive ketones (excluding diaryl/α,β-unsaturated/α-hetero) is 1. The largest absolute Gasteiger partial charge is 0.437 e. The Balaban J connectivity index is 1.84. The minimum absolute atomic E-state index is 0.0102. The molecular formula is C21H22BrNO3. The van der Waals surface area contributed by atoms with Crippen LogP contribution in [0.4, 0.5) is 4.79 Å². The van der Waals surface area contributed by atoms with Gasteiger partial charge in [0.15, 0.2) is 0 Å². The second-order valence-corrected chi connectivity index (χ2v) is 7.69. The Morgan fingerprint density at radius 1 is 1.19 bits per heavy atom. The fraction of sp³-hybridized carbons (Fsp3) is 0.333. The number of carbonyl (C=O) groups excluding carboxylic acids is 2. The molecule has 3 rings (SSSR count). The molecule has 2 aromatic carbocycles. The van der Waals surface area contributed by atoms with Gasteiger partial charge in [-0.25, -0.2) is 4.79 Å². The Bertz CT molecular complexity index is 791. The Morgan fingerprint density at radius 3 is 2.42 bits per heavy atom. The monoisotopic (exact) mass is 415 g/mol.